The first-order valence-corrected chi connectivity index (χ1v) is 15.8. The van der Waals surface area contributed by atoms with Crippen molar-refractivity contribution in [3.05, 3.63) is 64.2 Å². The first kappa shape index (κ1) is 32.7. The average molecular weight is 631 g/mol. The number of benzene rings is 2. The van der Waals surface area contributed by atoms with Gasteiger partial charge in [0.15, 0.2) is 0 Å². The maximum Gasteiger partial charge on any atom is 0.416 e. The molecule has 0 spiro atoms. The van der Waals surface area contributed by atoms with Gasteiger partial charge in [0.25, 0.3) is 5.91 Å². The fourth-order valence-corrected chi connectivity index (χ4v) is 6.72. The van der Waals surface area contributed by atoms with Crippen molar-refractivity contribution < 1.29 is 31.1 Å². The van der Waals surface area contributed by atoms with Crippen molar-refractivity contribution in [2.45, 2.75) is 49.6 Å². The average Bonchev–Trinajstić information content (AvgIpc) is 2.91. The molecule has 2 aliphatic heterocycles. The van der Waals surface area contributed by atoms with E-state index in [0.717, 1.165) is 48.2 Å². The van der Waals surface area contributed by atoms with Crippen molar-refractivity contribution in [3.63, 3.8) is 0 Å². The maximum absolute atomic E-state index is 13.9. The number of alkyl halides is 3. The lowest BCUT2D eigenvalue weighted by molar-refractivity contribution is -0.137. The van der Waals surface area contributed by atoms with Crippen LogP contribution >= 0.6 is 11.6 Å². The van der Waals surface area contributed by atoms with Gasteiger partial charge in [-0.05, 0) is 56.2 Å². The topological polar surface area (TPSA) is 73.4 Å². The van der Waals surface area contributed by atoms with E-state index in [0.29, 0.717) is 37.1 Å². The largest absolute Gasteiger partial charge is 0.416 e. The molecule has 2 aromatic rings. The molecular formula is C29H38ClF3N4O4S. The van der Waals surface area contributed by atoms with Crippen LogP contribution in [-0.2, 0) is 27.4 Å². The van der Waals surface area contributed by atoms with Crippen LogP contribution in [0.5, 0.6) is 0 Å². The summed E-state index contributed by atoms with van der Waals surface area (Å²) in [5.41, 5.74) is -0.563. The molecular weight excluding hydrogens is 593 g/mol. The van der Waals surface area contributed by atoms with E-state index in [1.165, 1.54) is 14.1 Å². The maximum atomic E-state index is 13.9. The molecule has 1 amide bonds. The number of morpholine rings is 1. The molecule has 2 saturated heterocycles. The van der Waals surface area contributed by atoms with Crippen molar-refractivity contribution in [3.8, 4) is 0 Å². The lowest BCUT2D eigenvalue weighted by Crippen LogP contribution is -2.57. The van der Waals surface area contributed by atoms with Gasteiger partial charge in [0.2, 0.25) is 10.0 Å². The molecule has 0 N–H and O–H groups in total. The first-order valence-electron chi connectivity index (χ1n) is 13.9. The Labute approximate surface area is 251 Å². The van der Waals surface area contributed by atoms with E-state index in [-0.39, 0.29) is 23.8 Å². The molecule has 0 unspecified atom stereocenters. The van der Waals surface area contributed by atoms with Gasteiger partial charge in [-0.3, -0.25) is 14.6 Å². The zero-order valence-corrected chi connectivity index (χ0v) is 25.8. The summed E-state index contributed by atoms with van der Waals surface area (Å²) in [4.78, 5) is 19.5. The Morgan fingerprint density at radius 3 is 2.19 bits per heavy atom. The second-order valence-electron chi connectivity index (χ2n) is 11.3. The molecule has 0 radical (unpaired) electrons. The van der Waals surface area contributed by atoms with Gasteiger partial charge in [-0.2, -0.15) is 13.2 Å². The molecule has 0 aliphatic carbocycles. The van der Waals surface area contributed by atoms with Crippen LogP contribution in [-0.4, -0.2) is 111 Å². The fourth-order valence-electron chi connectivity index (χ4n) is 5.62. The smallest absolute Gasteiger partial charge is 0.373 e. The molecule has 0 aromatic heterocycles. The summed E-state index contributed by atoms with van der Waals surface area (Å²) in [6.07, 6.45) is -4.07. The molecule has 3 atom stereocenters. The Morgan fingerprint density at radius 1 is 0.976 bits per heavy atom. The monoisotopic (exact) mass is 630 g/mol. The molecule has 0 saturated carbocycles. The number of hydrogen-bond donors (Lipinski definition) is 0. The van der Waals surface area contributed by atoms with Crippen LogP contribution in [0.2, 0.25) is 5.02 Å². The predicted octanol–water partition coefficient (Wildman–Crippen LogP) is 4.09. The van der Waals surface area contributed by atoms with E-state index < -0.39 is 32.6 Å². The van der Waals surface area contributed by atoms with Crippen molar-refractivity contribution in [2.24, 2.45) is 0 Å². The SMILES string of the molecule is C[C@@H]1CN(CCN2CCN(C(=O)c3cc(C(F)(F)F)cc(S(=O)(=O)N(C)C)c3)[C@H](Cc3ccc(Cl)cc3)C2)C[C@H](C)O1. The van der Waals surface area contributed by atoms with Crippen LogP contribution < -0.4 is 0 Å². The van der Waals surface area contributed by atoms with E-state index in [9.17, 15) is 26.4 Å². The Hall–Kier alpha value is -2.22. The number of piperazine rings is 1. The minimum atomic E-state index is -4.83. The molecule has 0 bridgehead atoms. The van der Waals surface area contributed by atoms with Crippen molar-refractivity contribution in [2.75, 3.05) is 59.9 Å². The van der Waals surface area contributed by atoms with Gasteiger partial charge >= 0.3 is 6.18 Å². The summed E-state index contributed by atoms with van der Waals surface area (Å²) in [5.74, 6) is -0.634. The summed E-state index contributed by atoms with van der Waals surface area (Å²) >= 11 is 6.07. The summed E-state index contributed by atoms with van der Waals surface area (Å²) < 4.78 is 73.7. The predicted molar refractivity (Wildman–Crippen MR) is 155 cm³/mol. The Kier molecular flexibility index (Phi) is 10.3. The van der Waals surface area contributed by atoms with Gasteiger partial charge in [0.1, 0.15) is 0 Å². The first-order chi connectivity index (χ1) is 19.6. The zero-order valence-electron chi connectivity index (χ0n) is 24.3. The molecule has 8 nitrogen and oxygen atoms in total. The number of nitrogens with zero attached hydrogens (tertiary/aromatic N) is 4. The number of hydrogen-bond acceptors (Lipinski definition) is 6. The molecule has 13 heteroatoms. The number of sulfonamides is 1. The third-order valence-electron chi connectivity index (χ3n) is 7.70. The molecule has 2 heterocycles. The second-order valence-corrected chi connectivity index (χ2v) is 13.9. The Bertz CT molecular complexity index is 1350. The Morgan fingerprint density at radius 2 is 1.60 bits per heavy atom. The summed E-state index contributed by atoms with van der Waals surface area (Å²) in [5, 5.41) is 0.574. The van der Waals surface area contributed by atoms with Gasteiger partial charge in [0.05, 0.1) is 22.7 Å². The number of rotatable bonds is 8. The molecule has 42 heavy (non-hydrogen) atoms. The summed E-state index contributed by atoms with van der Waals surface area (Å²) in [6, 6.07) is 9.26. The lowest BCUT2D eigenvalue weighted by atomic mass is 10.00. The summed E-state index contributed by atoms with van der Waals surface area (Å²) in [7, 11) is -1.75. The quantitative estimate of drug-likeness (QED) is 0.438. The highest BCUT2D eigenvalue weighted by Crippen LogP contribution is 2.33. The highest BCUT2D eigenvalue weighted by Gasteiger charge is 2.36. The van der Waals surface area contributed by atoms with E-state index in [4.69, 9.17) is 16.3 Å². The minimum Gasteiger partial charge on any atom is -0.373 e. The van der Waals surface area contributed by atoms with E-state index in [1.54, 1.807) is 17.0 Å². The second kappa shape index (κ2) is 13.2. The summed E-state index contributed by atoms with van der Waals surface area (Å²) in [6.45, 7) is 8.74. The molecule has 232 valence electrons. The molecule has 4 rings (SSSR count). The van der Waals surface area contributed by atoms with E-state index >= 15 is 0 Å². The van der Waals surface area contributed by atoms with Gasteiger partial charge in [-0.15, -0.1) is 0 Å². The van der Waals surface area contributed by atoms with Gasteiger partial charge < -0.3 is 9.64 Å². The zero-order chi connectivity index (χ0) is 30.8. The van der Waals surface area contributed by atoms with Gasteiger partial charge in [-0.25, -0.2) is 12.7 Å². The van der Waals surface area contributed by atoms with Crippen LogP contribution in [0.4, 0.5) is 13.2 Å². The van der Waals surface area contributed by atoms with Crippen LogP contribution in [0, 0.1) is 0 Å². The van der Waals surface area contributed by atoms with E-state index in [2.05, 4.69) is 23.6 Å². The van der Waals surface area contributed by atoms with E-state index in [1.807, 2.05) is 12.1 Å². The van der Waals surface area contributed by atoms with Crippen LogP contribution in [0.25, 0.3) is 0 Å². The number of halogens is 4. The third-order valence-corrected chi connectivity index (χ3v) is 9.74. The molecule has 2 aliphatic rings. The number of ether oxygens (including phenoxy) is 1. The minimum absolute atomic E-state index is 0.148. The fraction of sp³-hybridized carbons (Fsp3) is 0.552. The van der Waals surface area contributed by atoms with Crippen LogP contribution in [0.3, 0.4) is 0 Å². The standard InChI is InChI=1S/C29H38ClF3N4O4S/c1-20-17-36(18-21(2)41-20)10-9-35-11-12-37(26(19-35)13-22-5-7-25(30)8-6-22)28(38)23-14-24(29(31,32)33)16-27(15-23)42(39,40)34(3)4/h5-8,14-16,20-21,26H,9-13,17-19H2,1-4H3/t20-,21+,26-/m1/s1. The van der Waals surface area contributed by atoms with Crippen molar-refractivity contribution in [1.29, 1.82) is 0 Å². The number of amides is 1. The third kappa shape index (κ3) is 8.03. The van der Waals surface area contributed by atoms with Crippen molar-refractivity contribution >= 4 is 27.5 Å². The van der Waals surface area contributed by atoms with Crippen LogP contribution in [0.15, 0.2) is 47.4 Å². The number of carbonyl (C=O) groups excluding carboxylic acids is 1. The normalized spacial score (nSPS) is 23.0. The molecule has 2 fully saturated rings. The van der Waals surface area contributed by atoms with Crippen molar-refractivity contribution in [1.82, 2.24) is 19.0 Å². The lowest BCUT2D eigenvalue weighted by Gasteiger charge is -2.43. The van der Waals surface area contributed by atoms with Gasteiger partial charge in [0, 0.05) is 76.5 Å². The molecule has 2 aromatic carbocycles. The number of carbonyl (C=O) groups is 1. The highest BCUT2D eigenvalue weighted by molar-refractivity contribution is 7.89. The Balaban J connectivity index is 1.60. The van der Waals surface area contributed by atoms with Crippen LogP contribution in [0.1, 0.15) is 35.3 Å². The highest BCUT2D eigenvalue weighted by atomic mass is 35.5. The van der Waals surface area contributed by atoms with Gasteiger partial charge in [-0.1, -0.05) is 23.7 Å².